The highest BCUT2D eigenvalue weighted by atomic mass is 32.2. The zero-order chi connectivity index (χ0) is 11.4. The lowest BCUT2D eigenvalue weighted by atomic mass is 10.0. The van der Waals surface area contributed by atoms with Gasteiger partial charge in [-0.25, -0.2) is 9.29 Å². The quantitative estimate of drug-likeness (QED) is 0.801. The van der Waals surface area contributed by atoms with Crippen LogP contribution >= 0.6 is 11.9 Å². The van der Waals surface area contributed by atoms with Gasteiger partial charge in [-0.15, -0.1) is 0 Å². The van der Waals surface area contributed by atoms with Gasteiger partial charge in [0, 0.05) is 19.3 Å². The highest BCUT2D eigenvalue weighted by molar-refractivity contribution is 7.97. The third kappa shape index (κ3) is 3.20. The second-order valence-electron chi connectivity index (χ2n) is 4.33. The van der Waals surface area contributed by atoms with Crippen molar-refractivity contribution in [2.24, 2.45) is 5.92 Å². The topological polar surface area (TPSA) is 36.4 Å². The van der Waals surface area contributed by atoms with E-state index in [1.165, 1.54) is 0 Å². The Balaban J connectivity index is 1.95. The summed E-state index contributed by atoms with van der Waals surface area (Å²) in [7, 11) is 0. The Labute approximate surface area is 101 Å². The lowest BCUT2D eigenvalue weighted by molar-refractivity contribution is 0.108. The summed E-state index contributed by atoms with van der Waals surface area (Å²) in [4.78, 5) is 4.29. The van der Waals surface area contributed by atoms with E-state index in [0.717, 1.165) is 31.0 Å². The van der Waals surface area contributed by atoms with Crippen LogP contribution in [-0.4, -0.2) is 33.6 Å². The normalized spacial score (nSPS) is 27.6. The fourth-order valence-electron chi connectivity index (χ4n) is 1.88. The van der Waals surface area contributed by atoms with Gasteiger partial charge in [0.2, 0.25) is 0 Å². The average molecular weight is 238 g/mol. The Hall–Kier alpha value is -0.580. The van der Waals surface area contributed by atoms with Gasteiger partial charge in [-0.2, -0.15) is 0 Å². The number of hydrogen-bond acceptors (Lipinski definition) is 4. The van der Waals surface area contributed by atoms with Crippen LogP contribution in [0.5, 0.6) is 0 Å². The molecule has 4 heteroatoms. The molecule has 1 aliphatic heterocycles. The highest BCUT2D eigenvalue weighted by Gasteiger charge is 2.22. The molecule has 1 saturated heterocycles. The maximum absolute atomic E-state index is 9.93. The van der Waals surface area contributed by atoms with Crippen molar-refractivity contribution in [3.8, 4) is 0 Å². The Morgan fingerprint density at radius 1 is 1.50 bits per heavy atom. The third-order valence-corrected chi connectivity index (χ3v) is 3.99. The summed E-state index contributed by atoms with van der Waals surface area (Å²) in [5.74, 6) is 0.411. The van der Waals surface area contributed by atoms with Crippen molar-refractivity contribution < 1.29 is 5.11 Å². The Morgan fingerprint density at radius 2 is 2.38 bits per heavy atom. The lowest BCUT2D eigenvalue weighted by Gasteiger charge is -2.21. The number of pyridine rings is 1. The molecule has 88 valence electrons. The van der Waals surface area contributed by atoms with Crippen LogP contribution < -0.4 is 0 Å². The molecule has 2 atom stereocenters. The van der Waals surface area contributed by atoms with Crippen LogP contribution in [0, 0.1) is 5.92 Å². The lowest BCUT2D eigenvalue weighted by Crippen LogP contribution is -2.28. The monoisotopic (exact) mass is 238 g/mol. The first-order valence-electron chi connectivity index (χ1n) is 5.78. The fourth-order valence-corrected chi connectivity index (χ4v) is 2.84. The van der Waals surface area contributed by atoms with Crippen LogP contribution in [0.2, 0.25) is 0 Å². The molecule has 0 bridgehead atoms. The van der Waals surface area contributed by atoms with Crippen molar-refractivity contribution in [3.05, 3.63) is 24.4 Å². The van der Waals surface area contributed by atoms with Crippen molar-refractivity contribution >= 4 is 11.9 Å². The standard InChI is InChI=1S/C12H18N2OS/c1-10-5-4-8-14(9-11(10)15)16-12-6-2-3-7-13-12/h2-3,6-7,10-11,15H,4-5,8-9H2,1H3. The molecule has 0 radical (unpaired) electrons. The molecule has 16 heavy (non-hydrogen) atoms. The van der Waals surface area contributed by atoms with Gasteiger partial charge in [0.15, 0.2) is 0 Å². The smallest absolute Gasteiger partial charge is 0.111 e. The summed E-state index contributed by atoms with van der Waals surface area (Å²) in [5.41, 5.74) is 0. The van der Waals surface area contributed by atoms with Gasteiger partial charge in [-0.1, -0.05) is 13.0 Å². The first kappa shape index (κ1) is 11.9. The van der Waals surface area contributed by atoms with Crippen LogP contribution in [0.1, 0.15) is 19.8 Å². The summed E-state index contributed by atoms with van der Waals surface area (Å²) in [6, 6.07) is 5.92. The molecule has 2 heterocycles. The Kier molecular flexibility index (Phi) is 4.21. The van der Waals surface area contributed by atoms with Crippen LogP contribution in [0.4, 0.5) is 0 Å². The maximum atomic E-state index is 9.93. The van der Waals surface area contributed by atoms with E-state index >= 15 is 0 Å². The number of aliphatic hydroxyl groups is 1. The molecular weight excluding hydrogens is 220 g/mol. The van der Waals surface area contributed by atoms with Gasteiger partial charge >= 0.3 is 0 Å². The number of aromatic nitrogens is 1. The molecule has 1 N–H and O–H groups in total. The Morgan fingerprint density at radius 3 is 3.12 bits per heavy atom. The van der Waals surface area contributed by atoms with E-state index in [-0.39, 0.29) is 6.10 Å². The maximum Gasteiger partial charge on any atom is 0.111 e. The molecule has 2 unspecified atom stereocenters. The molecule has 1 fully saturated rings. The van der Waals surface area contributed by atoms with E-state index < -0.39 is 0 Å². The largest absolute Gasteiger partial charge is 0.391 e. The van der Waals surface area contributed by atoms with Crippen molar-refractivity contribution in [2.75, 3.05) is 13.1 Å². The van der Waals surface area contributed by atoms with Crippen LogP contribution in [0.3, 0.4) is 0 Å². The predicted octanol–water partition coefficient (Wildman–Crippen LogP) is 2.18. The van der Waals surface area contributed by atoms with Gasteiger partial charge in [-0.3, -0.25) is 0 Å². The van der Waals surface area contributed by atoms with Crippen LogP contribution in [-0.2, 0) is 0 Å². The van der Waals surface area contributed by atoms with Crippen LogP contribution in [0.25, 0.3) is 0 Å². The minimum Gasteiger partial charge on any atom is -0.391 e. The highest BCUT2D eigenvalue weighted by Crippen LogP contribution is 2.26. The SMILES string of the molecule is CC1CCCN(Sc2ccccn2)CC1O. The van der Waals surface area contributed by atoms with Gasteiger partial charge in [0.25, 0.3) is 0 Å². The Bertz CT molecular complexity index is 320. The molecule has 3 nitrogen and oxygen atoms in total. The number of β-amino-alcohol motifs (C(OH)–C–C–N with tert-alkyl or cyclic N) is 1. The summed E-state index contributed by atoms with van der Waals surface area (Å²) >= 11 is 1.65. The number of rotatable bonds is 2. The molecule has 0 aromatic carbocycles. The average Bonchev–Trinajstić information content (AvgIpc) is 2.43. The molecule has 0 spiro atoms. The molecular formula is C12H18N2OS. The van der Waals surface area contributed by atoms with E-state index in [9.17, 15) is 5.11 Å². The summed E-state index contributed by atoms with van der Waals surface area (Å²) in [5, 5.41) is 10.9. The first-order valence-corrected chi connectivity index (χ1v) is 6.55. The molecule has 1 aromatic heterocycles. The summed E-state index contributed by atoms with van der Waals surface area (Å²) in [6.45, 7) is 3.89. The van der Waals surface area contributed by atoms with Crippen molar-refractivity contribution in [1.82, 2.24) is 9.29 Å². The zero-order valence-electron chi connectivity index (χ0n) is 9.54. The molecule has 0 aliphatic carbocycles. The zero-order valence-corrected chi connectivity index (χ0v) is 10.4. The van der Waals surface area contributed by atoms with E-state index in [1.807, 2.05) is 18.2 Å². The molecule has 0 saturated carbocycles. The number of nitrogens with zero attached hydrogens (tertiary/aromatic N) is 2. The predicted molar refractivity (Wildman–Crippen MR) is 66.1 cm³/mol. The summed E-state index contributed by atoms with van der Waals surface area (Å²) < 4.78 is 2.22. The van der Waals surface area contributed by atoms with E-state index in [1.54, 1.807) is 18.1 Å². The molecule has 2 rings (SSSR count). The minimum absolute atomic E-state index is 0.210. The fraction of sp³-hybridized carbons (Fsp3) is 0.583. The number of hydrogen-bond donors (Lipinski definition) is 1. The van der Waals surface area contributed by atoms with Gasteiger partial charge in [0.05, 0.1) is 6.10 Å². The first-order chi connectivity index (χ1) is 7.75. The number of aliphatic hydroxyl groups excluding tert-OH is 1. The second-order valence-corrected chi connectivity index (χ2v) is 5.45. The van der Waals surface area contributed by atoms with Crippen LogP contribution in [0.15, 0.2) is 29.4 Å². The van der Waals surface area contributed by atoms with E-state index in [2.05, 4.69) is 16.2 Å². The van der Waals surface area contributed by atoms with E-state index in [0.29, 0.717) is 5.92 Å². The minimum atomic E-state index is -0.210. The molecule has 0 amide bonds. The molecule has 1 aliphatic rings. The third-order valence-electron chi connectivity index (χ3n) is 2.97. The van der Waals surface area contributed by atoms with Gasteiger partial charge < -0.3 is 5.11 Å². The second kappa shape index (κ2) is 5.66. The van der Waals surface area contributed by atoms with Crippen molar-refractivity contribution in [3.63, 3.8) is 0 Å². The van der Waals surface area contributed by atoms with Crippen molar-refractivity contribution in [1.29, 1.82) is 0 Å². The van der Waals surface area contributed by atoms with Gasteiger partial charge in [0.1, 0.15) is 5.03 Å². The molecule has 1 aromatic rings. The van der Waals surface area contributed by atoms with Gasteiger partial charge in [-0.05, 0) is 42.8 Å². The van der Waals surface area contributed by atoms with Crippen molar-refractivity contribution in [2.45, 2.75) is 30.9 Å². The summed E-state index contributed by atoms with van der Waals surface area (Å²) in [6.07, 6.45) is 3.86. The van der Waals surface area contributed by atoms with E-state index in [4.69, 9.17) is 0 Å².